The molecule has 178 valence electrons. The SMILES string of the molecule is Cc1ccc(S(=O)(=O)c2c(N)n(CCCOC(=O)c3cccs3)c3nc4ccccc4nc23)cc1. The summed E-state index contributed by atoms with van der Waals surface area (Å²) in [5.74, 6) is -0.334. The first kappa shape index (κ1) is 23.0. The molecule has 2 N–H and O–H groups in total. The van der Waals surface area contributed by atoms with Gasteiger partial charge in [-0.2, -0.15) is 0 Å². The van der Waals surface area contributed by atoms with E-state index in [1.165, 1.54) is 11.3 Å². The van der Waals surface area contributed by atoms with Gasteiger partial charge in [0.1, 0.15) is 21.1 Å². The van der Waals surface area contributed by atoms with E-state index in [9.17, 15) is 13.2 Å². The van der Waals surface area contributed by atoms with Crippen molar-refractivity contribution < 1.29 is 17.9 Å². The van der Waals surface area contributed by atoms with Crippen LogP contribution in [0, 0.1) is 6.92 Å². The fourth-order valence-corrected chi connectivity index (χ4v) is 5.99. The number of carbonyl (C=O) groups excluding carboxylic acids is 1. The van der Waals surface area contributed by atoms with Gasteiger partial charge in [0, 0.05) is 6.54 Å². The number of ether oxygens (including phenoxy) is 1. The summed E-state index contributed by atoms with van der Waals surface area (Å²) in [4.78, 5) is 22.0. The number of rotatable bonds is 7. The Bertz CT molecular complexity index is 1640. The highest BCUT2D eigenvalue weighted by Gasteiger charge is 2.30. The standard InChI is InChI=1S/C25H22N4O4S2/c1-16-9-11-17(12-10-16)35(31,32)22-21-24(28-19-7-3-2-6-18(19)27-21)29(23(22)26)13-5-14-33-25(30)20-8-4-15-34-20/h2-4,6-12,15H,5,13-14,26H2,1H3. The quantitative estimate of drug-likeness (QED) is 0.253. The average Bonchev–Trinajstić information content (AvgIpc) is 3.47. The first-order chi connectivity index (χ1) is 16.9. The van der Waals surface area contributed by atoms with Crippen LogP contribution in [0.2, 0.25) is 0 Å². The topological polar surface area (TPSA) is 117 Å². The smallest absolute Gasteiger partial charge is 0.348 e. The zero-order valence-electron chi connectivity index (χ0n) is 18.8. The summed E-state index contributed by atoms with van der Waals surface area (Å²) in [5.41, 5.74) is 9.19. The van der Waals surface area contributed by atoms with Crippen molar-refractivity contribution >= 4 is 55.2 Å². The van der Waals surface area contributed by atoms with Crippen molar-refractivity contribution in [2.24, 2.45) is 0 Å². The second-order valence-corrected chi connectivity index (χ2v) is 10.9. The van der Waals surface area contributed by atoms with Gasteiger partial charge in [0.05, 0.1) is 22.5 Å². The molecule has 0 aliphatic heterocycles. The minimum atomic E-state index is -3.97. The maximum absolute atomic E-state index is 13.7. The summed E-state index contributed by atoms with van der Waals surface area (Å²) in [5, 5.41) is 1.81. The van der Waals surface area contributed by atoms with Crippen LogP contribution in [-0.2, 0) is 21.1 Å². The minimum Gasteiger partial charge on any atom is -0.461 e. The molecular weight excluding hydrogens is 484 g/mol. The van der Waals surface area contributed by atoms with Gasteiger partial charge in [0.25, 0.3) is 0 Å². The molecule has 0 saturated carbocycles. The molecule has 2 aromatic carbocycles. The van der Waals surface area contributed by atoms with Gasteiger partial charge in [-0.1, -0.05) is 35.9 Å². The van der Waals surface area contributed by atoms with Crippen molar-refractivity contribution in [3.05, 3.63) is 76.5 Å². The molecule has 3 aromatic heterocycles. The van der Waals surface area contributed by atoms with Crippen molar-refractivity contribution in [1.29, 1.82) is 0 Å². The second kappa shape index (κ2) is 9.12. The second-order valence-electron chi connectivity index (χ2n) is 8.03. The van der Waals surface area contributed by atoms with E-state index in [4.69, 9.17) is 10.5 Å². The van der Waals surface area contributed by atoms with Crippen LogP contribution in [0.3, 0.4) is 0 Å². The van der Waals surface area contributed by atoms with E-state index in [1.807, 2.05) is 30.5 Å². The number of benzene rings is 2. The summed E-state index contributed by atoms with van der Waals surface area (Å²) in [7, 11) is -3.97. The van der Waals surface area contributed by atoms with E-state index in [1.54, 1.807) is 47.0 Å². The Morgan fingerprint density at radius 1 is 1.03 bits per heavy atom. The Morgan fingerprint density at radius 3 is 2.43 bits per heavy atom. The summed E-state index contributed by atoms with van der Waals surface area (Å²) < 4.78 is 34.3. The molecular formula is C25H22N4O4S2. The van der Waals surface area contributed by atoms with Gasteiger partial charge in [-0.3, -0.25) is 0 Å². The van der Waals surface area contributed by atoms with Gasteiger partial charge in [-0.25, -0.2) is 23.2 Å². The summed E-state index contributed by atoms with van der Waals surface area (Å²) >= 11 is 1.31. The summed E-state index contributed by atoms with van der Waals surface area (Å²) in [6.07, 6.45) is 0.420. The highest BCUT2D eigenvalue weighted by Crippen LogP contribution is 2.35. The monoisotopic (exact) mass is 506 g/mol. The van der Waals surface area contributed by atoms with Crippen molar-refractivity contribution in [3.63, 3.8) is 0 Å². The van der Waals surface area contributed by atoms with Crippen LogP contribution in [0.1, 0.15) is 21.7 Å². The lowest BCUT2D eigenvalue weighted by molar-refractivity contribution is 0.0502. The number of sulfone groups is 1. The first-order valence-corrected chi connectivity index (χ1v) is 13.3. The number of nitrogen functional groups attached to an aromatic ring is 1. The molecule has 0 saturated heterocycles. The van der Waals surface area contributed by atoms with E-state index < -0.39 is 15.8 Å². The minimum absolute atomic E-state index is 0.0560. The molecule has 5 rings (SSSR count). The van der Waals surface area contributed by atoms with Crippen LogP contribution in [0.15, 0.2) is 75.8 Å². The number of nitrogens with two attached hydrogens (primary N) is 1. The lowest BCUT2D eigenvalue weighted by Gasteiger charge is -2.09. The van der Waals surface area contributed by atoms with Gasteiger partial charge in [0.2, 0.25) is 9.84 Å². The van der Waals surface area contributed by atoms with Crippen LogP contribution >= 0.6 is 11.3 Å². The van der Waals surface area contributed by atoms with Crippen molar-refractivity contribution in [2.45, 2.75) is 29.7 Å². The molecule has 0 aliphatic rings. The van der Waals surface area contributed by atoms with E-state index >= 15 is 0 Å². The molecule has 0 aliphatic carbocycles. The molecule has 0 fully saturated rings. The molecule has 0 radical (unpaired) electrons. The maximum Gasteiger partial charge on any atom is 0.348 e. The predicted molar refractivity (Wildman–Crippen MR) is 135 cm³/mol. The number of aromatic nitrogens is 3. The lowest BCUT2D eigenvalue weighted by Crippen LogP contribution is -2.11. The molecule has 0 amide bonds. The van der Waals surface area contributed by atoms with Crippen LogP contribution < -0.4 is 5.73 Å². The van der Waals surface area contributed by atoms with E-state index in [0.29, 0.717) is 34.5 Å². The molecule has 0 spiro atoms. The number of nitrogens with zero attached hydrogens (tertiary/aromatic N) is 3. The lowest BCUT2D eigenvalue weighted by atomic mass is 10.2. The van der Waals surface area contributed by atoms with E-state index in [0.717, 1.165) is 5.56 Å². The number of hydrogen-bond acceptors (Lipinski definition) is 8. The number of para-hydroxylation sites is 2. The van der Waals surface area contributed by atoms with Crippen molar-refractivity contribution in [3.8, 4) is 0 Å². The molecule has 0 unspecified atom stereocenters. The molecule has 8 nitrogen and oxygen atoms in total. The van der Waals surface area contributed by atoms with Crippen LogP contribution in [0.5, 0.6) is 0 Å². The number of esters is 1. The number of aryl methyl sites for hydroxylation is 2. The van der Waals surface area contributed by atoms with Gasteiger partial charge in [0.15, 0.2) is 5.65 Å². The first-order valence-electron chi connectivity index (χ1n) is 10.9. The largest absolute Gasteiger partial charge is 0.461 e. The number of fused-ring (bicyclic) bond motifs is 2. The zero-order chi connectivity index (χ0) is 24.6. The molecule has 5 aromatic rings. The fourth-order valence-electron chi connectivity index (χ4n) is 3.87. The predicted octanol–water partition coefficient (Wildman–Crippen LogP) is 4.62. The highest BCUT2D eigenvalue weighted by atomic mass is 32.2. The highest BCUT2D eigenvalue weighted by molar-refractivity contribution is 7.92. The normalized spacial score (nSPS) is 11.8. The van der Waals surface area contributed by atoms with Gasteiger partial charge < -0.3 is 15.0 Å². The molecule has 35 heavy (non-hydrogen) atoms. The molecule has 0 atom stereocenters. The Hall–Kier alpha value is -3.76. The third kappa shape index (κ3) is 4.26. The average molecular weight is 507 g/mol. The van der Waals surface area contributed by atoms with E-state index in [-0.39, 0.29) is 27.7 Å². The number of carbonyl (C=O) groups is 1. The Morgan fingerprint density at radius 2 is 1.74 bits per heavy atom. The number of hydrogen-bond donors (Lipinski definition) is 1. The Labute approximate surface area is 205 Å². The van der Waals surface area contributed by atoms with Crippen LogP contribution in [-0.4, -0.2) is 35.5 Å². The zero-order valence-corrected chi connectivity index (χ0v) is 20.5. The number of thiophene rings is 1. The Balaban J connectivity index is 1.54. The van der Waals surface area contributed by atoms with Crippen LogP contribution in [0.25, 0.3) is 22.2 Å². The summed E-state index contributed by atoms with van der Waals surface area (Å²) in [6.45, 7) is 2.34. The van der Waals surface area contributed by atoms with E-state index in [2.05, 4.69) is 9.97 Å². The fraction of sp³-hybridized carbons (Fsp3) is 0.160. The van der Waals surface area contributed by atoms with Crippen LogP contribution in [0.4, 0.5) is 5.82 Å². The number of anilines is 1. The summed E-state index contributed by atoms with van der Waals surface area (Å²) in [6, 6.07) is 17.3. The Kier molecular flexibility index (Phi) is 6.00. The molecule has 10 heteroatoms. The maximum atomic E-state index is 13.7. The molecule has 3 heterocycles. The van der Waals surface area contributed by atoms with Gasteiger partial charge >= 0.3 is 5.97 Å². The third-order valence-corrected chi connectivity index (χ3v) is 8.31. The van der Waals surface area contributed by atoms with Crippen molar-refractivity contribution in [1.82, 2.24) is 14.5 Å². The van der Waals surface area contributed by atoms with Gasteiger partial charge in [-0.05, 0) is 49.1 Å². The van der Waals surface area contributed by atoms with Crippen molar-refractivity contribution in [2.75, 3.05) is 12.3 Å². The van der Waals surface area contributed by atoms with Gasteiger partial charge in [-0.15, -0.1) is 11.3 Å². The molecule has 0 bridgehead atoms. The third-order valence-electron chi connectivity index (χ3n) is 5.63.